The quantitative estimate of drug-likeness (QED) is 0.195. The van der Waals surface area contributed by atoms with Crippen molar-refractivity contribution in [1.82, 2.24) is 19.9 Å². The molecule has 7 nitrogen and oxygen atoms in total. The monoisotopic (exact) mass is 536 g/mol. The molecule has 0 aliphatic carbocycles. The molecule has 7 heteroatoms. The van der Waals surface area contributed by atoms with Crippen molar-refractivity contribution in [3.63, 3.8) is 0 Å². The maximum absolute atomic E-state index is 12.1. The van der Waals surface area contributed by atoms with Gasteiger partial charge in [0.2, 0.25) is 0 Å². The van der Waals surface area contributed by atoms with Gasteiger partial charge in [-0.1, -0.05) is 26.5 Å². The number of esters is 1. The third-order valence-corrected chi connectivity index (χ3v) is 8.51. The number of hydrogen-bond acceptors (Lipinski definition) is 5. The molecule has 3 aromatic rings. The van der Waals surface area contributed by atoms with Gasteiger partial charge in [0.05, 0.1) is 11.4 Å². The number of nitrogens with zero attached hydrogens (tertiary/aromatic N) is 2. The Kier molecular flexibility index (Phi) is 7.32. The number of aromatic amines is 2. The molecule has 3 aromatic heterocycles. The second-order valence-electron chi connectivity index (χ2n) is 10.8. The fourth-order valence-corrected chi connectivity index (χ4v) is 6.07. The number of carbonyl (C=O) groups is 2. The van der Waals surface area contributed by atoms with Crippen LogP contribution in [0.5, 0.6) is 0 Å². The lowest BCUT2D eigenvalue weighted by molar-refractivity contribution is -0.151. The molecule has 0 saturated heterocycles. The van der Waals surface area contributed by atoms with E-state index in [0.717, 1.165) is 73.5 Å². The van der Waals surface area contributed by atoms with E-state index in [9.17, 15) is 9.59 Å². The lowest BCUT2D eigenvalue weighted by Gasteiger charge is -2.16. The first kappa shape index (κ1) is 27.3. The minimum Gasteiger partial charge on any atom is -0.395 e. The molecule has 0 unspecified atom stereocenters. The molecule has 0 saturated carbocycles. The zero-order valence-corrected chi connectivity index (χ0v) is 24.1. The first-order chi connectivity index (χ1) is 19.2. The Balaban J connectivity index is 1.86. The molecule has 5 rings (SSSR count). The van der Waals surface area contributed by atoms with Gasteiger partial charge in [0.25, 0.3) is 0 Å². The first-order valence-corrected chi connectivity index (χ1v) is 13.8. The highest BCUT2D eigenvalue weighted by atomic mass is 16.6. The van der Waals surface area contributed by atoms with E-state index in [1.807, 2.05) is 6.08 Å². The Bertz CT molecular complexity index is 1740. The summed E-state index contributed by atoms with van der Waals surface area (Å²) in [6.07, 6.45) is 5.56. The molecule has 8 bridgehead atoms. The molecule has 0 aromatic carbocycles. The summed E-state index contributed by atoms with van der Waals surface area (Å²) in [7, 11) is 0. The maximum atomic E-state index is 12.1. The Morgan fingerprint density at radius 2 is 1.73 bits per heavy atom. The highest BCUT2D eigenvalue weighted by molar-refractivity contribution is 5.86. The lowest BCUT2D eigenvalue weighted by Crippen LogP contribution is -2.09. The van der Waals surface area contributed by atoms with Crippen LogP contribution >= 0.6 is 0 Å². The van der Waals surface area contributed by atoms with E-state index in [1.54, 1.807) is 0 Å². The molecule has 5 heterocycles. The SMILES string of the molecule is C=Cc1c(C)c2cc3nc(c(C)c4nc(cc5[nH]c(cc1[nH]2)c(C)c5CC)C(C)=C4)[C@@H](CCC(=O)OC=O)[C@@H]3C. The van der Waals surface area contributed by atoms with E-state index < -0.39 is 5.97 Å². The Hall–Kier alpha value is -4.26. The molecule has 40 heavy (non-hydrogen) atoms. The van der Waals surface area contributed by atoms with Crippen LogP contribution in [0.25, 0.3) is 39.8 Å². The van der Waals surface area contributed by atoms with Crippen LogP contribution in [0.1, 0.15) is 96.0 Å². The Morgan fingerprint density at radius 1 is 1.00 bits per heavy atom. The molecule has 206 valence electrons. The van der Waals surface area contributed by atoms with Crippen molar-refractivity contribution < 1.29 is 14.3 Å². The molecule has 2 N–H and O–H groups in total. The molecule has 0 radical (unpaired) electrons. The standard InChI is InChI=1S/C33H36N4O3/c1-8-22-19(5)28-15-31-23(9-2)18(4)27(35-31)14-29-20(6)24(10-11-32(39)40-16-38)33(37-29)21(7)26-12-17(3)25(34-26)13-30(22)36-28/h9,12-16,20,24,35-36H,2,8,10-11H2,1,3-7H3/t20-,24-/m0/s1. The fourth-order valence-electron chi connectivity index (χ4n) is 6.07. The predicted octanol–water partition coefficient (Wildman–Crippen LogP) is 7.37. The van der Waals surface area contributed by atoms with Crippen molar-refractivity contribution in [2.24, 2.45) is 0 Å². The smallest absolute Gasteiger partial charge is 0.313 e. The van der Waals surface area contributed by atoms with Crippen LogP contribution in [0.4, 0.5) is 0 Å². The maximum Gasteiger partial charge on any atom is 0.313 e. The van der Waals surface area contributed by atoms with E-state index in [0.29, 0.717) is 6.42 Å². The van der Waals surface area contributed by atoms with Gasteiger partial charge in [-0.2, -0.15) is 0 Å². The summed E-state index contributed by atoms with van der Waals surface area (Å²) >= 11 is 0. The van der Waals surface area contributed by atoms with E-state index in [1.165, 1.54) is 11.1 Å². The van der Waals surface area contributed by atoms with Crippen LogP contribution < -0.4 is 0 Å². The first-order valence-electron chi connectivity index (χ1n) is 13.8. The van der Waals surface area contributed by atoms with Gasteiger partial charge in [-0.3, -0.25) is 14.6 Å². The lowest BCUT2D eigenvalue weighted by atomic mass is 9.86. The van der Waals surface area contributed by atoms with Crippen molar-refractivity contribution >= 4 is 52.2 Å². The molecule has 0 amide bonds. The second kappa shape index (κ2) is 10.7. The van der Waals surface area contributed by atoms with Gasteiger partial charge >= 0.3 is 12.4 Å². The molecule has 2 aliphatic rings. The minimum absolute atomic E-state index is 0.0226. The third kappa shape index (κ3) is 4.70. The van der Waals surface area contributed by atoms with Gasteiger partial charge < -0.3 is 14.7 Å². The topological polar surface area (TPSA) is 101 Å². The van der Waals surface area contributed by atoms with Gasteiger partial charge in [-0.15, -0.1) is 0 Å². The normalized spacial score (nSPS) is 16.5. The fraction of sp³-hybridized carbons (Fsp3) is 0.333. The number of aromatic nitrogens is 4. The number of carbonyl (C=O) groups excluding carboxylic acids is 2. The van der Waals surface area contributed by atoms with Crippen LogP contribution in [0.2, 0.25) is 0 Å². The molecule has 2 aliphatic heterocycles. The summed E-state index contributed by atoms with van der Waals surface area (Å²) < 4.78 is 4.57. The number of allylic oxidation sites excluding steroid dienone is 1. The van der Waals surface area contributed by atoms with Crippen LogP contribution in [0.3, 0.4) is 0 Å². The summed E-state index contributed by atoms with van der Waals surface area (Å²) in [5.74, 6) is -0.503. The van der Waals surface area contributed by atoms with Crippen LogP contribution in [0.15, 0.2) is 24.8 Å². The zero-order valence-electron chi connectivity index (χ0n) is 24.1. The Morgan fingerprint density at radius 3 is 2.42 bits per heavy atom. The largest absolute Gasteiger partial charge is 0.395 e. The van der Waals surface area contributed by atoms with Crippen molar-refractivity contribution in [2.75, 3.05) is 0 Å². The highest BCUT2D eigenvalue weighted by Gasteiger charge is 2.31. The number of hydrogen-bond donors (Lipinski definition) is 2. The molecule has 2 atom stereocenters. The van der Waals surface area contributed by atoms with Crippen molar-refractivity contribution in [3.8, 4) is 0 Å². The van der Waals surface area contributed by atoms with Gasteiger partial charge in [0, 0.05) is 57.3 Å². The number of H-pyrrole nitrogens is 2. The molecular formula is C33H36N4O3. The van der Waals surface area contributed by atoms with E-state index >= 15 is 0 Å². The highest BCUT2D eigenvalue weighted by Crippen LogP contribution is 2.42. The number of nitrogens with one attached hydrogen (secondary N) is 2. The molecule has 0 spiro atoms. The van der Waals surface area contributed by atoms with Gasteiger partial charge in [-0.25, -0.2) is 4.98 Å². The van der Waals surface area contributed by atoms with Crippen LogP contribution in [0, 0.1) is 20.8 Å². The summed E-state index contributed by atoms with van der Waals surface area (Å²) in [4.78, 5) is 40.2. The average molecular weight is 537 g/mol. The van der Waals surface area contributed by atoms with Crippen LogP contribution in [-0.4, -0.2) is 32.4 Å². The van der Waals surface area contributed by atoms with Gasteiger partial charge in [-0.05, 0) is 92.6 Å². The van der Waals surface area contributed by atoms with E-state index in [-0.39, 0.29) is 24.7 Å². The Labute approximate surface area is 234 Å². The second-order valence-corrected chi connectivity index (χ2v) is 10.8. The summed E-state index contributed by atoms with van der Waals surface area (Å²) in [6.45, 7) is 17.0. The van der Waals surface area contributed by atoms with Gasteiger partial charge in [0.15, 0.2) is 0 Å². The summed E-state index contributed by atoms with van der Waals surface area (Å²) in [5, 5.41) is 0. The summed E-state index contributed by atoms with van der Waals surface area (Å²) in [6, 6.07) is 6.41. The van der Waals surface area contributed by atoms with Crippen molar-refractivity contribution in [1.29, 1.82) is 0 Å². The number of aryl methyl sites for hydroxylation is 3. The van der Waals surface area contributed by atoms with Gasteiger partial charge in [0.1, 0.15) is 0 Å². The average Bonchev–Trinajstić information content (AvgIpc) is 3.62. The van der Waals surface area contributed by atoms with E-state index in [2.05, 4.69) is 87.1 Å². The molecule has 0 fully saturated rings. The van der Waals surface area contributed by atoms with E-state index in [4.69, 9.17) is 9.97 Å². The predicted molar refractivity (Wildman–Crippen MR) is 161 cm³/mol. The summed E-state index contributed by atoms with van der Waals surface area (Å²) in [5.41, 5.74) is 14.5. The third-order valence-electron chi connectivity index (χ3n) is 8.51. The van der Waals surface area contributed by atoms with Crippen LogP contribution in [-0.2, 0) is 20.7 Å². The van der Waals surface area contributed by atoms with Crippen molar-refractivity contribution in [2.45, 2.75) is 72.6 Å². The number of rotatable bonds is 6. The molecular weight excluding hydrogens is 500 g/mol. The zero-order chi connectivity index (χ0) is 28.7. The van der Waals surface area contributed by atoms with Crippen molar-refractivity contribution in [3.05, 3.63) is 75.4 Å². The number of ether oxygens (including phenoxy) is 1. The minimum atomic E-state index is -0.530. The number of fused-ring (bicyclic) bond motifs is 8.